The van der Waals surface area contributed by atoms with Crippen LogP contribution in [-0.4, -0.2) is 24.2 Å². The number of aromatic carboxylic acids is 1. The van der Waals surface area contributed by atoms with E-state index in [4.69, 9.17) is 5.11 Å². The first-order valence-electron chi connectivity index (χ1n) is 6.54. The van der Waals surface area contributed by atoms with Crippen molar-refractivity contribution in [2.75, 3.05) is 18.0 Å². The normalized spacial score (nSPS) is 25.7. The van der Waals surface area contributed by atoms with Crippen LogP contribution in [0.25, 0.3) is 0 Å². The number of carboxylic acids is 1. The summed E-state index contributed by atoms with van der Waals surface area (Å²) in [4.78, 5) is 13.0. The molecule has 5 heteroatoms. The van der Waals surface area contributed by atoms with Crippen LogP contribution in [0.1, 0.15) is 29.6 Å². The van der Waals surface area contributed by atoms with Crippen LogP contribution in [0, 0.1) is 17.7 Å². The lowest BCUT2D eigenvalue weighted by atomic mass is 10.0. The van der Waals surface area contributed by atoms with Crippen molar-refractivity contribution in [1.82, 2.24) is 0 Å². The maximum absolute atomic E-state index is 14.3. The number of carboxylic acid groups (broad SMARTS) is 1. The lowest BCUT2D eigenvalue weighted by Crippen LogP contribution is -2.22. The predicted molar refractivity (Wildman–Crippen MR) is 74.1 cm³/mol. The van der Waals surface area contributed by atoms with Crippen LogP contribution in [0.4, 0.5) is 10.1 Å². The largest absolute Gasteiger partial charge is 0.478 e. The molecule has 1 aromatic carbocycles. The number of rotatable bonds is 2. The quantitative estimate of drug-likeness (QED) is 0.903. The lowest BCUT2D eigenvalue weighted by Gasteiger charge is -2.21. The number of halogens is 2. The summed E-state index contributed by atoms with van der Waals surface area (Å²) in [5.74, 6) is -0.217. The van der Waals surface area contributed by atoms with Gasteiger partial charge in [0.05, 0.1) is 15.7 Å². The number of hydrogen-bond acceptors (Lipinski definition) is 2. The van der Waals surface area contributed by atoms with Crippen molar-refractivity contribution in [2.45, 2.75) is 19.3 Å². The summed E-state index contributed by atoms with van der Waals surface area (Å²) in [7, 11) is 0. The fourth-order valence-electron chi connectivity index (χ4n) is 3.38. The molecule has 0 spiro atoms. The molecule has 2 aliphatic rings. The van der Waals surface area contributed by atoms with Gasteiger partial charge in [-0.2, -0.15) is 0 Å². The Bertz CT molecular complexity index is 522. The molecule has 1 saturated carbocycles. The van der Waals surface area contributed by atoms with E-state index in [1.807, 2.05) is 0 Å². The molecule has 2 fully saturated rings. The number of fused-ring (bicyclic) bond motifs is 1. The van der Waals surface area contributed by atoms with E-state index in [2.05, 4.69) is 20.8 Å². The number of hydrogen-bond donors (Lipinski definition) is 1. The first kappa shape index (κ1) is 12.9. The zero-order valence-corrected chi connectivity index (χ0v) is 12.0. The average molecular weight is 328 g/mol. The highest BCUT2D eigenvalue weighted by molar-refractivity contribution is 9.10. The summed E-state index contributed by atoms with van der Waals surface area (Å²) in [6, 6.07) is 3.06. The second-order valence-electron chi connectivity index (χ2n) is 5.42. The van der Waals surface area contributed by atoms with Gasteiger partial charge in [-0.15, -0.1) is 0 Å². The molecule has 0 bridgehead atoms. The molecule has 2 atom stereocenters. The molecule has 1 N–H and O–H groups in total. The van der Waals surface area contributed by atoms with E-state index in [0.29, 0.717) is 17.5 Å². The topological polar surface area (TPSA) is 40.5 Å². The first-order valence-corrected chi connectivity index (χ1v) is 7.33. The van der Waals surface area contributed by atoms with Gasteiger partial charge < -0.3 is 10.0 Å². The van der Waals surface area contributed by atoms with Gasteiger partial charge in [0.1, 0.15) is 0 Å². The Morgan fingerprint density at radius 3 is 2.53 bits per heavy atom. The molecule has 1 aliphatic heterocycles. The molecular weight excluding hydrogens is 313 g/mol. The number of benzene rings is 1. The SMILES string of the molecule is O=C(O)c1ccc(N2CC3CCCC3C2)c(F)c1Br. The molecule has 0 radical (unpaired) electrons. The second kappa shape index (κ2) is 4.78. The van der Waals surface area contributed by atoms with Crippen LogP contribution in [0.5, 0.6) is 0 Å². The van der Waals surface area contributed by atoms with Crippen molar-refractivity contribution >= 4 is 27.6 Å². The Morgan fingerprint density at radius 2 is 1.95 bits per heavy atom. The Balaban J connectivity index is 1.90. The van der Waals surface area contributed by atoms with Crippen LogP contribution in [0.2, 0.25) is 0 Å². The Labute approximate surface area is 119 Å². The van der Waals surface area contributed by atoms with E-state index in [1.165, 1.54) is 25.3 Å². The molecule has 3 nitrogen and oxygen atoms in total. The highest BCUT2D eigenvalue weighted by Crippen LogP contribution is 2.41. The van der Waals surface area contributed by atoms with Crippen molar-refractivity contribution in [3.8, 4) is 0 Å². The van der Waals surface area contributed by atoms with Gasteiger partial charge in [0.2, 0.25) is 0 Å². The highest BCUT2D eigenvalue weighted by Gasteiger charge is 2.37. The van der Waals surface area contributed by atoms with E-state index < -0.39 is 11.8 Å². The van der Waals surface area contributed by atoms with Crippen LogP contribution in [-0.2, 0) is 0 Å². The Hall–Kier alpha value is -1.10. The van der Waals surface area contributed by atoms with Gasteiger partial charge in [-0.3, -0.25) is 0 Å². The molecule has 3 rings (SSSR count). The fraction of sp³-hybridized carbons (Fsp3) is 0.500. The third kappa shape index (κ3) is 2.14. The third-order valence-electron chi connectivity index (χ3n) is 4.36. The summed E-state index contributed by atoms with van der Waals surface area (Å²) in [6.07, 6.45) is 3.75. The summed E-state index contributed by atoms with van der Waals surface area (Å²) in [5, 5.41) is 8.97. The molecule has 0 aromatic heterocycles. The molecule has 2 unspecified atom stereocenters. The summed E-state index contributed by atoms with van der Waals surface area (Å²) in [6.45, 7) is 1.78. The molecule has 19 heavy (non-hydrogen) atoms. The molecular formula is C14H15BrFNO2. The molecule has 0 amide bonds. The van der Waals surface area contributed by atoms with E-state index in [1.54, 1.807) is 6.07 Å². The van der Waals surface area contributed by atoms with Gasteiger partial charge in [-0.1, -0.05) is 6.42 Å². The van der Waals surface area contributed by atoms with E-state index in [0.717, 1.165) is 13.1 Å². The minimum atomic E-state index is -1.12. The smallest absolute Gasteiger partial charge is 0.336 e. The summed E-state index contributed by atoms with van der Waals surface area (Å²) < 4.78 is 14.3. The van der Waals surface area contributed by atoms with E-state index in [-0.39, 0.29) is 10.0 Å². The molecule has 1 saturated heterocycles. The van der Waals surface area contributed by atoms with Crippen LogP contribution >= 0.6 is 15.9 Å². The van der Waals surface area contributed by atoms with Gasteiger partial charge >= 0.3 is 5.97 Å². The average Bonchev–Trinajstić information content (AvgIpc) is 2.92. The molecule has 1 aromatic rings. The predicted octanol–water partition coefficient (Wildman–Crippen LogP) is 3.52. The molecule has 1 heterocycles. The van der Waals surface area contributed by atoms with Crippen LogP contribution in [0.15, 0.2) is 16.6 Å². The van der Waals surface area contributed by atoms with Gasteiger partial charge in [-0.25, -0.2) is 9.18 Å². The number of carbonyl (C=O) groups is 1. The van der Waals surface area contributed by atoms with E-state index in [9.17, 15) is 9.18 Å². The monoisotopic (exact) mass is 327 g/mol. The Morgan fingerprint density at radius 1 is 1.32 bits per heavy atom. The van der Waals surface area contributed by atoms with Gasteiger partial charge in [0.25, 0.3) is 0 Å². The molecule has 1 aliphatic carbocycles. The second-order valence-corrected chi connectivity index (χ2v) is 6.21. The van der Waals surface area contributed by atoms with Crippen molar-refractivity contribution in [2.24, 2.45) is 11.8 Å². The van der Waals surface area contributed by atoms with Crippen LogP contribution in [0.3, 0.4) is 0 Å². The fourth-order valence-corrected chi connectivity index (χ4v) is 3.89. The van der Waals surface area contributed by atoms with Gasteiger partial charge in [0, 0.05) is 13.1 Å². The molecule has 102 valence electrons. The van der Waals surface area contributed by atoms with Gasteiger partial charge in [0.15, 0.2) is 5.82 Å². The van der Waals surface area contributed by atoms with Crippen molar-refractivity contribution in [3.05, 3.63) is 28.0 Å². The Kier molecular flexibility index (Phi) is 3.25. The van der Waals surface area contributed by atoms with Crippen molar-refractivity contribution in [3.63, 3.8) is 0 Å². The zero-order chi connectivity index (χ0) is 13.6. The first-order chi connectivity index (χ1) is 9.08. The minimum Gasteiger partial charge on any atom is -0.478 e. The van der Waals surface area contributed by atoms with E-state index >= 15 is 0 Å². The maximum atomic E-state index is 14.3. The zero-order valence-electron chi connectivity index (χ0n) is 10.4. The van der Waals surface area contributed by atoms with Crippen molar-refractivity contribution in [1.29, 1.82) is 0 Å². The standard InChI is InChI=1S/C14H15BrFNO2/c15-12-10(14(18)19)4-5-11(13(12)16)17-6-8-2-1-3-9(8)7-17/h4-5,8-9H,1-3,6-7H2,(H,18,19). The number of anilines is 1. The van der Waals surface area contributed by atoms with Crippen LogP contribution < -0.4 is 4.90 Å². The van der Waals surface area contributed by atoms with Crippen molar-refractivity contribution < 1.29 is 14.3 Å². The number of nitrogens with zero attached hydrogens (tertiary/aromatic N) is 1. The summed E-state index contributed by atoms with van der Waals surface area (Å²) >= 11 is 3.06. The van der Waals surface area contributed by atoms with Gasteiger partial charge in [-0.05, 0) is 52.7 Å². The lowest BCUT2D eigenvalue weighted by molar-refractivity contribution is 0.0695. The highest BCUT2D eigenvalue weighted by atomic mass is 79.9. The third-order valence-corrected chi connectivity index (χ3v) is 5.13. The maximum Gasteiger partial charge on any atom is 0.336 e. The minimum absolute atomic E-state index is 0.0272. The summed E-state index contributed by atoms with van der Waals surface area (Å²) in [5.41, 5.74) is 0.493.